The van der Waals surface area contributed by atoms with E-state index < -0.39 is 0 Å². The zero-order chi connectivity index (χ0) is 11.4. The lowest BCUT2D eigenvalue weighted by molar-refractivity contribution is 0.171. The molecule has 1 aromatic rings. The van der Waals surface area contributed by atoms with Crippen molar-refractivity contribution in [3.63, 3.8) is 0 Å². The Morgan fingerprint density at radius 1 is 1.53 bits per heavy atom. The molecule has 1 heterocycles. The fraction of sp³-hybridized carbons (Fsp3) is 0.400. The second-order valence-electron chi connectivity index (χ2n) is 3.25. The Morgan fingerprint density at radius 2 is 2.20 bits per heavy atom. The minimum atomic E-state index is -0.378. The van der Waals surface area contributed by atoms with Gasteiger partial charge in [0.1, 0.15) is 5.75 Å². The molecule has 0 aliphatic carbocycles. The van der Waals surface area contributed by atoms with Gasteiger partial charge in [-0.25, -0.2) is 9.78 Å². The number of carbonyl (C=O) groups excluding carboxylic acids is 1. The van der Waals surface area contributed by atoms with Gasteiger partial charge >= 0.3 is 6.09 Å². The number of hydrogen-bond donors (Lipinski definition) is 0. The number of aromatic nitrogens is 1. The number of carbonyl (C=O) groups is 1. The molecule has 1 aromatic heterocycles. The van der Waals surface area contributed by atoms with Crippen molar-refractivity contribution < 1.29 is 9.53 Å². The highest BCUT2D eigenvalue weighted by Gasteiger charge is 2.09. The lowest BCUT2D eigenvalue weighted by Gasteiger charge is -2.12. The first-order chi connectivity index (χ1) is 7.04. The molecule has 1 rings (SSSR count). The van der Waals surface area contributed by atoms with Crippen molar-refractivity contribution in [3.05, 3.63) is 17.8 Å². The number of rotatable bonds is 2. The lowest BCUT2D eigenvalue weighted by atomic mass is 10.3. The van der Waals surface area contributed by atoms with E-state index in [0.29, 0.717) is 5.75 Å². The molecule has 0 aliphatic rings. The highest BCUT2D eigenvalue weighted by atomic mass is 32.2. The minimum Gasteiger partial charge on any atom is -0.410 e. The normalized spacial score (nSPS) is 9.87. The summed E-state index contributed by atoms with van der Waals surface area (Å²) in [5, 5.41) is 0.835. The first-order valence-electron chi connectivity index (χ1n) is 4.44. The average Bonchev–Trinajstić information content (AvgIpc) is 2.21. The van der Waals surface area contributed by atoms with E-state index >= 15 is 0 Å². The number of hydrogen-bond acceptors (Lipinski definition) is 4. The van der Waals surface area contributed by atoms with Crippen molar-refractivity contribution in [2.75, 3.05) is 20.4 Å². The van der Waals surface area contributed by atoms with E-state index in [1.165, 1.54) is 16.7 Å². The van der Waals surface area contributed by atoms with Gasteiger partial charge in [0.15, 0.2) is 0 Å². The molecule has 0 fully saturated rings. The van der Waals surface area contributed by atoms with E-state index in [1.807, 2.05) is 13.2 Å². The predicted molar refractivity (Wildman–Crippen MR) is 60.5 cm³/mol. The molecular weight excluding hydrogens is 212 g/mol. The van der Waals surface area contributed by atoms with Gasteiger partial charge in [-0.3, -0.25) is 0 Å². The number of nitrogens with zero attached hydrogens (tertiary/aromatic N) is 2. The Morgan fingerprint density at radius 3 is 2.73 bits per heavy atom. The molecule has 5 heteroatoms. The summed E-state index contributed by atoms with van der Waals surface area (Å²) >= 11 is 1.51. The molecule has 0 aromatic carbocycles. The van der Waals surface area contributed by atoms with Gasteiger partial charge < -0.3 is 9.64 Å². The van der Waals surface area contributed by atoms with Gasteiger partial charge in [0.2, 0.25) is 0 Å². The van der Waals surface area contributed by atoms with Gasteiger partial charge in [-0.1, -0.05) is 0 Å². The summed E-state index contributed by atoms with van der Waals surface area (Å²) in [6, 6.07) is 1.77. The quantitative estimate of drug-likeness (QED) is 0.725. The van der Waals surface area contributed by atoms with Gasteiger partial charge in [-0.15, -0.1) is 11.8 Å². The molecule has 0 atom stereocenters. The van der Waals surface area contributed by atoms with Gasteiger partial charge in [-0.05, 0) is 13.2 Å². The van der Waals surface area contributed by atoms with E-state index in [0.717, 1.165) is 10.6 Å². The predicted octanol–water partition coefficient (Wildman–Crippen LogP) is 2.17. The molecule has 1 amide bonds. The first-order valence-corrected chi connectivity index (χ1v) is 5.67. The van der Waals surface area contributed by atoms with Gasteiger partial charge in [0.25, 0.3) is 0 Å². The Balaban J connectivity index is 2.88. The molecule has 15 heavy (non-hydrogen) atoms. The molecule has 0 aliphatic heterocycles. The second-order valence-corrected chi connectivity index (χ2v) is 4.08. The van der Waals surface area contributed by atoms with Crippen LogP contribution in [-0.2, 0) is 0 Å². The molecule has 0 saturated heterocycles. The van der Waals surface area contributed by atoms with Crippen molar-refractivity contribution in [3.8, 4) is 5.75 Å². The van der Waals surface area contributed by atoms with Crippen molar-refractivity contribution in [1.82, 2.24) is 9.88 Å². The number of amides is 1. The topological polar surface area (TPSA) is 42.4 Å². The summed E-state index contributed by atoms with van der Waals surface area (Å²) in [7, 11) is 3.29. The number of ether oxygens (including phenoxy) is 1. The van der Waals surface area contributed by atoms with Crippen LogP contribution >= 0.6 is 11.8 Å². The fourth-order valence-electron chi connectivity index (χ4n) is 0.894. The third-order valence-corrected chi connectivity index (χ3v) is 2.44. The highest BCUT2D eigenvalue weighted by molar-refractivity contribution is 7.98. The molecule has 0 spiro atoms. The molecule has 0 unspecified atom stereocenters. The zero-order valence-corrected chi connectivity index (χ0v) is 10.1. The van der Waals surface area contributed by atoms with Crippen LogP contribution in [0.1, 0.15) is 5.56 Å². The maximum Gasteiger partial charge on any atom is 0.414 e. The van der Waals surface area contributed by atoms with Crippen LogP contribution in [-0.4, -0.2) is 36.3 Å². The zero-order valence-electron chi connectivity index (χ0n) is 9.27. The summed E-state index contributed by atoms with van der Waals surface area (Å²) in [4.78, 5) is 16.9. The van der Waals surface area contributed by atoms with E-state index in [1.54, 1.807) is 26.4 Å². The maximum atomic E-state index is 11.3. The molecule has 0 saturated carbocycles. The van der Waals surface area contributed by atoms with Crippen molar-refractivity contribution >= 4 is 17.9 Å². The van der Waals surface area contributed by atoms with Gasteiger partial charge in [0.05, 0.1) is 5.03 Å². The van der Waals surface area contributed by atoms with Crippen molar-refractivity contribution in [2.24, 2.45) is 0 Å². The maximum absolute atomic E-state index is 11.3. The fourth-order valence-corrected chi connectivity index (χ4v) is 1.28. The molecule has 0 N–H and O–H groups in total. The summed E-state index contributed by atoms with van der Waals surface area (Å²) < 4.78 is 5.18. The van der Waals surface area contributed by atoms with Crippen molar-refractivity contribution in [2.45, 2.75) is 11.9 Å². The van der Waals surface area contributed by atoms with Crippen molar-refractivity contribution in [1.29, 1.82) is 0 Å². The number of aryl methyl sites for hydroxylation is 1. The van der Waals surface area contributed by atoms with E-state index in [4.69, 9.17) is 4.74 Å². The third kappa shape index (κ3) is 3.13. The molecule has 0 bridgehead atoms. The van der Waals surface area contributed by atoms with Gasteiger partial charge in [-0.2, -0.15) is 0 Å². The molecule has 4 nitrogen and oxygen atoms in total. The van der Waals surface area contributed by atoms with E-state index in [9.17, 15) is 4.79 Å². The highest BCUT2D eigenvalue weighted by Crippen LogP contribution is 2.22. The van der Waals surface area contributed by atoms with Crippen LogP contribution in [0.25, 0.3) is 0 Å². The Labute approximate surface area is 93.6 Å². The average molecular weight is 226 g/mol. The van der Waals surface area contributed by atoms with Crippen LogP contribution in [0.15, 0.2) is 17.3 Å². The summed E-state index contributed by atoms with van der Waals surface area (Å²) in [5.74, 6) is 0.563. The lowest BCUT2D eigenvalue weighted by Crippen LogP contribution is -2.25. The van der Waals surface area contributed by atoms with E-state index in [2.05, 4.69) is 4.98 Å². The first kappa shape index (κ1) is 11.8. The summed E-state index contributed by atoms with van der Waals surface area (Å²) in [6.45, 7) is 1.86. The van der Waals surface area contributed by atoms with Crippen LogP contribution in [0.5, 0.6) is 5.75 Å². The van der Waals surface area contributed by atoms with Crippen LogP contribution in [0, 0.1) is 6.92 Å². The molecular formula is C10H14N2O2S. The standard InChI is InChI=1S/C10H14N2O2S/c1-7-6-11-9(15-4)5-8(7)14-10(13)12(2)3/h5-6H,1-4H3. The van der Waals surface area contributed by atoms with Crippen LogP contribution in [0.3, 0.4) is 0 Å². The number of pyridine rings is 1. The monoisotopic (exact) mass is 226 g/mol. The second kappa shape index (κ2) is 5.02. The third-order valence-electron chi connectivity index (χ3n) is 1.80. The molecule has 0 radical (unpaired) electrons. The summed E-state index contributed by atoms with van der Waals surface area (Å²) in [5.41, 5.74) is 0.850. The van der Waals surface area contributed by atoms with E-state index in [-0.39, 0.29) is 6.09 Å². The Kier molecular flexibility index (Phi) is 3.96. The van der Waals surface area contributed by atoms with Crippen LogP contribution < -0.4 is 4.74 Å². The largest absolute Gasteiger partial charge is 0.414 e. The van der Waals surface area contributed by atoms with Gasteiger partial charge in [0, 0.05) is 31.9 Å². The minimum absolute atomic E-state index is 0.378. The smallest absolute Gasteiger partial charge is 0.410 e. The SMILES string of the molecule is CSc1cc(OC(=O)N(C)C)c(C)cn1. The van der Waals surface area contributed by atoms with Crippen LogP contribution in [0.4, 0.5) is 4.79 Å². The van der Waals surface area contributed by atoms with Crippen LogP contribution in [0.2, 0.25) is 0 Å². The summed E-state index contributed by atoms with van der Waals surface area (Å²) in [6.07, 6.45) is 3.25. The molecule has 82 valence electrons. The Bertz CT molecular complexity index is 366. The number of thioether (sulfide) groups is 1. The Hall–Kier alpha value is -1.23.